The fourth-order valence-corrected chi connectivity index (χ4v) is 0.464. The Bertz CT molecular complexity index is 111. The molecule has 0 fully saturated rings. The molecular weight excluding hydrogens is 140 g/mol. The summed E-state index contributed by atoms with van der Waals surface area (Å²) in [7, 11) is 0. The molecule has 0 spiro atoms. The smallest absolute Gasteiger partial charge is 0.133 e. The van der Waals surface area contributed by atoms with Gasteiger partial charge in [0.15, 0.2) is 0 Å². The largest absolute Gasteiger partial charge is 0.388 e. The monoisotopic (exact) mass is 148 g/mol. The van der Waals surface area contributed by atoms with Crippen molar-refractivity contribution in [3.63, 3.8) is 0 Å². The number of nitrogens with one attached hydrogen (secondary N) is 1. The zero-order valence-electron chi connectivity index (χ0n) is 4.60. The molecule has 0 aromatic heterocycles. The molecule has 0 aliphatic rings. The van der Waals surface area contributed by atoms with Gasteiger partial charge in [-0.3, -0.25) is 0 Å². The van der Waals surface area contributed by atoms with Gasteiger partial charge in [0, 0.05) is 6.54 Å². The number of hydrogen-bond acceptors (Lipinski definition) is 2. The quantitative estimate of drug-likeness (QED) is 0.521. The molecule has 0 unspecified atom stereocenters. The molecule has 0 saturated carbocycles. The van der Waals surface area contributed by atoms with E-state index in [-0.39, 0.29) is 4.99 Å². The van der Waals surface area contributed by atoms with E-state index in [0.717, 1.165) is 6.54 Å². The topological polar surface area (TPSA) is 38.0 Å². The molecule has 0 rings (SSSR count). The normalized spacial score (nSPS) is 8.12. The highest BCUT2D eigenvalue weighted by Crippen LogP contribution is 1.70. The Kier molecular flexibility index (Phi) is 3.64. The first kappa shape index (κ1) is 7.78. The Morgan fingerprint density at radius 2 is 2.12 bits per heavy atom. The van der Waals surface area contributed by atoms with Gasteiger partial charge in [-0.1, -0.05) is 24.4 Å². The third kappa shape index (κ3) is 2.87. The van der Waals surface area contributed by atoms with Gasteiger partial charge in [0.25, 0.3) is 0 Å². The van der Waals surface area contributed by atoms with Gasteiger partial charge in [-0.25, -0.2) is 0 Å². The van der Waals surface area contributed by atoms with E-state index in [0.29, 0.717) is 4.99 Å². The average Bonchev–Trinajstić information content (AvgIpc) is 1.67. The molecule has 0 radical (unpaired) electrons. The predicted octanol–water partition coefficient (Wildman–Crippen LogP) is 0.209. The minimum atomic E-state index is 0.266. The highest BCUT2D eigenvalue weighted by atomic mass is 32.1. The first-order valence-electron chi connectivity index (χ1n) is 2.26. The molecule has 0 atom stereocenters. The van der Waals surface area contributed by atoms with Crippen LogP contribution in [0.1, 0.15) is 6.92 Å². The molecule has 0 aliphatic carbocycles. The molecule has 0 bridgehead atoms. The van der Waals surface area contributed by atoms with Gasteiger partial charge in [0.2, 0.25) is 0 Å². The molecule has 0 heterocycles. The van der Waals surface area contributed by atoms with Crippen molar-refractivity contribution in [3.8, 4) is 0 Å². The molecule has 0 saturated heterocycles. The third-order valence-electron chi connectivity index (χ3n) is 0.561. The molecule has 0 aromatic carbocycles. The predicted molar refractivity (Wildman–Crippen MR) is 43.1 cm³/mol. The summed E-state index contributed by atoms with van der Waals surface area (Å²) >= 11 is 9.26. The molecule has 2 nitrogen and oxygen atoms in total. The molecular formula is C4H8N2S2. The van der Waals surface area contributed by atoms with Crippen molar-refractivity contribution in [1.29, 1.82) is 0 Å². The van der Waals surface area contributed by atoms with Gasteiger partial charge in [0.05, 0.1) is 0 Å². The van der Waals surface area contributed by atoms with Crippen LogP contribution >= 0.6 is 24.4 Å². The molecule has 0 aromatic rings. The second-order valence-corrected chi connectivity index (χ2v) is 2.07. The maximum atomic E-state index is 5.15. The van der Waals surface area contributed by atoms with Crippen molar-refractivity contribution in [1.82, 2.24) is 5.32 Å². The SMILES string of the molecule is CCNC(=S)C(N)=S. The summed E-state index contributed by atoms with van der Waals surface area (Å²) in [5, 5.41) is 2.81. The molecule has 4 heteroatoms. The second kappa shape index (κ2) is 3.74. The van der Waals surface area contributed by atoms with Crippen LogP contribution in [0.4, 0.5) is 0 Å². The van der Waals surface area contributed by atoms with Gasteiger partial charge < -0.3 is 11.1 Å². The van der Waals surface area contributed by atoms with Gasteiger partial charge in [-0.2, -0.15) is 0 Å². The van der Waals surface area contributed by atoms with Crippen molar-refractivity contribution in [2.24, 2.45) is 5.73 Å². The molecule has 0 amide bonds. The zero-order valence-corrected chi connectivity index (χ0v) is 6.23. The van der Waals surface area contributed by atoms with E-state index in [4.69, 9.17) is 18.0 Å². The van der Waals surface area contributed by atoms with Crippen molar-refractivity contribution >= 4 is 34.4 Å². The van der Waals surface area contributed by atoms with E-state index in [9.17, 15) is 0 Å². The van der Waals surface area contributed by atoms with E-state index in [2.05, 4.69) is 17.5 Å². The van der Waals surface area contributed by atoms with Crippen LogP contribution in [0.15, 0.2) is 0 Å². The maximum absolute atomic E-state index is 5.15. The first-order chi connectivity index (χ1) is 3.68. The Morgan fingerprint density at radius 3 is 2.25 bits per heavy atom. The van der Waals surface area contributed by atoms with Crippen molar-refractivity contribution in [2.45, 2.75) is 6.92 Å². The molecule has 8 heavy (non-hydrogen) atoms. The number of likely N-dealkylation sites (N-methyl/N-ethyl adjacent to an activating group) is 1. The molecule has 0 aliphatic heterocycles. The van der Waals surface area contributed by atoms with Gasteiger partial charge >= 0.3 is 0 Å². The summed E-state index contributed by atoms with van der Waals surface area (Å²) in [5.74, 6) is 0. The minimum absolute atomic E-state index is 0.266. The van der Waals surface area contributed by atoms with Crippen molar-refractivity contribution in [3.05, 3.63) is 0 Å². The highest BCUT2D eigenvalue weighted by molar-refractivity contribution is 7.89. The Morgan fingerprint density at radius 1 is 1.62 bits per heavy atom. The van der Waals surface area contributed by atoms with Crippen LogP contribution in [0, 0.1) is 0 Å². The summed E-state index contributed by atoms with van der Waals surface area (Å²) in [6.07, 6.45) is 0. The van der Waals surface area contributed by atoms with Crippen LogP contribution in [0.5, 0.6) is 0 Å². The summed E-state index contributed by atoms with van der Waals surface area (Å²) in [5.41, 5.74) is 5.15. The van der Waals surface area contributed by atoms with Crippen LogP contribution in [0.25, 0.3) is 0 Å². The van der Waals surface area contributed by atoms with Crippen LogP contribution in [0.3, 0.4) is 0 Å². The third-order valence-corrected chi connectivity index (χ3v) is 1.26. The van der Waals surface area contributed by atoms with E-state index in [1.165, 1.54) is 0 Å². The van der Waals surface area contributed by atoms with E-state index in [1.54, 1.807) is 0 Å². The van der Waals surface area contributed by atoms with Crippen LogP contribution in [0.2, 0.25) is 0 Å². The lowest BCUT2D eigenvalue weighted by Crippen LogP contribution is -2.32. The summed E-state index contributed by atoms with van der Waals surface area (Å²) in [6, 6.07) is 0. The molecule has 3 N–H and O–H groups in total. The average molecular weight is 148 g/mol. The Hall–Kier alpha value is -0.220. The summed E-state index contributed by atoms with van der Waals surface area (Å²) in [6.45, 7) is 2.71. The Labute approximate surface area is 59.4 Å². The zero-order chi connectivity index (χ0) is 6.57. The number of hydrogen-bond donors (Lipinski definition) is 2. The van der Waals surface area contributed by atoms with E-state index >= 15 is 0 Å². The van der Waals surface area contributed by atoms with E-state index in [1.807, 2.05) is 6.92 Å². The van der Waals surface area contributed by atoms with Gasteiger partial charge in [0.1, 0.15) is 9.98 Å². The highest BCUT2D eigenvalue weighted by Gasteiger charge is 1.93. The fraction of sp³-hybridized carbons (Fsp3) is 0.500. The Balaban J connectivity index is 3.49. The standard InChI is InChI=1S/C4H8N2S2/c1-2-6-4(8)3(5)7/h2H2,1H3,(H2,5,7)(H,6,8). The van der Waals surface area contributed by atoms with Gasteiger partial charge in [-0.05, 0) is 6.92 Å². The van der Waals surface area contributed by atoms with E-state index < -0.39 is 0 Å². The lowest BCUT2D eigenvalue weighted by molar-refractivity contribution is 0.991. The second-order valence-electron chi connectivity index (χ2n) is 1.22. The maximum Gasteiger partial charge on any atom is 0.133 e. The number of nitrogens with two attached hydrogens (primary N) is 1. The van der Waals surface area contributed by atoms with Crippen LogP contribution in [-0.4, -0.2) is 16.5 Å². The van der Waals surface area contributed by atoms with Gasteiger partial charge in [-0.15, -0.1) is 0 Å². The summed E-state index contributed by atoms with van der Waals surface area (Å²) in [4.78, 5) is 0.740. The van der Waals surface area contributed by atoms with Crippen LogP contribution < -0.4 is 11.1 Å². The van der Waals surface area contributed by atoms with Crippen LogP contribution in [-0.2, 0) is 0 Å². The summed E-state index contributed by atoms with van der Waals surface area (Å²) < 4.78 is 0. The van der Waals surface area contributed by atoms with Crippen molar-refractivity contribution < 1.29 is 0 Å². The minimum Gasteiger partial charge on any atom is -0.388 e. The number of rotatable bonds is 1. The molecule has 46 valence electrons. The lowest BCUT2D eigenvalue weighted by atomic mass is 10.6. The first-order valence-corrected chi connectivity index (χ1v) is 3.07. The number of thiocarbonyl (C=S) groups is 2. The fourth-order valence-electron chi connectivity index (χ4n) is 0.248. The van der Waals surface area contributed by atoms with Crippen molar-refractivity contribution in [2.75, 3.05) is 6.54 Å². The lowest BCUT2D eigenvalue weighted by Gasteiger charge is -1.99.